The Labute approximate surface area is 134 Å². The maximum atomic E-state index is 12.1. The fourth-order valence-electron chi connectivity index (χ4n) is 2.59. The van der Waals surface area contributed by atoms with Gasteiger partial charge < -0.3 is 9.47 Å². The Bertz CT molecular complexity index is 333. The quantitative estimate of drug-likeness (QED) is 0.453. The molecule has 1 unspecified atom stereocenters. The van der Waals surface area contributed by atoms with Gasteiger partial charge in [0.2, 0.25) is 0 Å². The highest BCUT2D eigenvalue weighted by molar-refractivity contribution is 5.82. The summed E-state index contributed by atoms with van der Waals surface area (Å²) in [6.07, 6.45) is 8.59. The van der Waals surface area contributed by atoms with E-state index in [0.717, 1.165) is 32.1 Å². The Hall–Kier alpha value is -1.26. The third kappa shape index (κ3) is 6.67. The van der Waals surface area contributed by atoms with E-state index in [1.165, 1.54) is 24.2 Å². The van der Waals surface area contributed by atoms with Crippen LogP contribution >= 0.6 is 0 Å². The molecule has 1 aliphatic heterocycles. The molecule has 0 aromatic carbocycles. The summed E-state index contributed by atoms with van der Waals surface area (Å²) in [5.74, 6) is -0.277. The van der Waals surface area contributed by atoms with Crippen molar-refractivity contribution in [3.05, 3.63) is 0 Å². The lowest BCUT2D eigenvalue weighted by Crippen LogP contribution is -2.41. The summed E-state index contributed by atoms with van der Waals surface area (Å²) < 4.78 is 10.5. The van der Waals surface area contributed by atoms with Crippen molar-refractivity contribution >= 4 is 12.1 Å². The zero-order valence-electron chi connectivity index (χ0n) is 14.1. The number of unbranched alkanes of at least 4 members (excludes halogenated alkanes) is 5. The molecular weight excluding hydrogens is 282 g/mol. The van der Waals surface area contributed by atoms with Crippen molar-refractivity contribution in [2.45, 2.75) is 77.7 Å². The maximum Gasteiger partial charge on any atom is 0.410 e. The molecule has 0 aromatic heterocycles. The van der Waals surface area contributed by atoms with Gasteiger partial charge in [0.25, 0.3) is 0 Å². The average Bonchev–Trinajstić information content (AvgIpc) is 3.00. The summed E-state index contributed by atoms with van der Waals surface area (Å²) >= 11 is 0. The van der Waals surface area contributed by atoms with Gasteiger partial charge in [-0.25, -0.2) is 9.59 Å². The van der Waals surface area contributed by atoms with Crippen molar-refractivity contribution < 1.29 is 19.1 Å². The van der Waals surface area contributed by atoms with Crippen LogP contribution in [0.1, 0.15) is 71.6 Å². The van der Waals surface area contributed by atoms with Gasteiger partial charge in [0, 0.05) is 6.54 Å². The van der Waals surface area contributed by atoms with Crippen LogP contribution in [0.2, 0.25) is 0 Å². The zero-order chi connectivity index (χ0) is 16.2. The smallest absolute Gasteiger partial charge is 0.410 e. The van der Waals surface area contributed by atoms with Gasteiger partial charge in [0.1, 0.15) is 6.04 Å². The van der Waals surface area contributed by atoms with Gasteiger partial charge in [-0.05, 0) is 25.7 Å². The van der Waals surface area contributed by atoms with Crippen LogP contribution in [0.25, 0.3) is 0 Å². The van der Waals surface area contributed by atoms with E-state index in [0.29, 0.717) is 26.2 Å². The minimum Gasteiger partial charge on any atom is -0.464 e. The number of hydrogen-bond acceptors (Lipinski definition) is 4. The van der Waals surface area contributed by atoms with E-state index in [-0.39, 0.29) is 12.1 Å². The molecule has 5 nitrogen and oxygen atoms in total. The van der Waals surface area contributed by atoms with Crippen molar-refractivity contribution in [2.75, 3.05) is 19.8 Å². The van der Waals surface area contributed by atoms with Crippen LogP contribution in [-0.4, -0.2) is 42.8 Å². The number of likely N-dealkylation sites (tertiary alicyclic amines) is 1. The van der Waals surface area contributed by atoms with E-state index >= 15 is 0 Å². The molecule has 0 aliphatic carbocycles. The highest BCUT2D eigenvalue weighted by Gasteiger charge is 2.36. The van der Waals surface area contributed by atoms with E-state index in [9.17, 15) is 9.59 Å². The molecule has 0 spiro atoms. The van der Waals surface area contributed by atoms with E-state index in [1.54, 1.807) is 0 Å². The van der Waals surface area contributed by atoms with E-state index in [2.05, 4.69) is 6.92 Å². The number of hydrogen-bond donors (Lipinski definition) is 0. The fourth-order valence-corrected chi connectivity index (χ4v) is 2.59. The maximum absolute atomic E-state index is 12.1. The molecule has 0 bridgehead atoms. The molecule has 0 N–H and O–H groups in total. The Morgan fingerprint density at radius 1 is 0.955 bits per heavy atom. The van der Waals surface area contributed by atoms with Crippen molar-refractivity contribution in [3.8, 4) is 0 Å². The van der Waals surface area contributed by atoms with Crippen molar-refractivity contribution in [2.24, 2.45) is 0 Å². The first-order valence-electron chi connectivity index (χ1n) is 8.80. The number of nitrogens with zero attached hydrogens (tertiary/aromatic N) is 1. The molecule has 1 saturated heterocycles. The molecular formula is C17H31NO4. The molecule has 1 aliphatic rings. The molecule has 22 heavy (non-hydrogen) atoms. The Morgan fingerprint density at radius 3 is 2.36 bits per heavy atom. The van der Waals surface area contributed by atoms with Crippen LogP contribution in [0.3, 0.4) is 0 Å². The molecule has 1 rings (SSSR count). The van der Waals surface area contributed by atoms with Crippen LogP contribution in [-0.2, 0) is 14.3 Å². The summed E-state index contributed by atoms with van der Waals surface area (Å²) in [4.78, 5) is 25.6. The third-order valence-corrected chi connectivity index (χ3v) is 3.98. The topological polar surface area (TPSA) is 55.8 Å². The molecule has 0 saturated carbocycles. The second-order valence-corrected chi connectivity index (χ2v) is 5.90. The van der Waals surface area contributed by atoms with Crippen LogP contribution in [0.4, 0.5) is 4.79 Å². The van der Waals surface area contributed by atoms with Gasteiger partial charge >= 0.3 is 12.1 Å². The Morgan fingerprint density at radius 2 is 1.64 bits per heavy atom. The first-order chi connectivity index (χ1) is 10.7. The summed E-state index contributed by atoms with van der Waals surface area (Å²) in [6, 6.07) is -0.454. The molecule has 5 heteroatoms. The lowest BCUT2D eigenvalue weighted by atomic mass is 10.2. The number of rotatable bonds is 10. The van der Waals surface area contributed by atoms with Gasteiger partial charge in [-0.1, -0.05) is 46.0 Å². The number of ether oxygens (including phenoxy) is 2. The molecule has 128 valence electrons. The lowest BCUT2D eigenvalue weighted by molar-refractivity contribution is -0.148. The predicted octanol–water partition coefficient (Wildman–Crippen LogP) is 3.90. The number of esters is 1. The number of carbonyl (C=O) groups excluding carboxylic acids is 2. The first-order valence-corrected chi connectivity index (χ1v) is 8.80. The molecule has 0 aromatic rings. The van der Waals surface area contributed by atoms with Gasteiger partial charge in [0.05, 0.1) is 13.2 Å². The van der Waals surface area contributed by atoms with Gasteiger partial charge in [0.15, 0.2) is 0 Å². The minimum atomic E-state index is -0.454. The van der Waals surface area contributed by atoms with E-state index in [1.807, 2.05) is 6.92 Å². The molecule has 1 amide bonds. The second kappa shape index (κ2) is 11.3. The van der Waals surface area contributed by atoms with Crippen LogP contribution in [0, 0.1) is 0 Å². The average molecular weight is 313 g/mol. The van der Waals surface area contributed by atoms with Crippen LogP contribution in [0.5, 0.6) is 0 Å². The summed E-state index contributed by atoms with van der Waals surface area (Å²) in [7, 11) is 0. The third-order valence-electron chi connectivity index (χ3n) is 3.98. The summed E-state index contributed by atoms with van der Waals surface area (Å²) in [5, 5.41) is 0. The van der Waals surface area contributed by atoms with Crippen LogP contribution < -0.4 is 0 Å². The number of carbonyl (C=O) groups is 2. The van der Waals surface area contributed by atoms with E-state index in [4.69, 9.17) is 9.47 Å². The Balaban J connectivity index is 2.26. The molecule has 1 atom stereocenters. The fraction of sp³-hybridized carbons (Fsp3) is 0.882. The predicted molar refractivity (Wildman–Crippen MR) is 85.7 cm³/mol. The molecule has 0 radical (unpaired) electrons. The van der Waals surface area contributed by atoms with Gasteiger partial charge in [-0.3, -0.25) is 4.90 Å². The van der Waals surface area contributed by atoms with Crippen LogP contribution in [0.15, 0.2) is 0 Å². The standard InChI is InChI=1S/C17H31NO4/c1-3-5-7-8-9-14-21-16(19)15-11-10-12-18(15)17(20)22-13-6-4-2/h15H,3-14H2,1-2H3. The van der Waals surface area contributed by atoms with Crippen molar-refractivity contribution in [1.29, 1.82) is 0 Å². The normalized spacial score (nSPS) is 17.5. The van der Waals surface area contributed by atoms with Gasteiger partial charge in [-0.15, -0.1) is 0 Å². The number of amides is 1. The summed E-state index contributed by atoms with van der Waals surface area (Å²) in [6.45, 7) is 5.68. The highest BCUT2D eigenvalue weighted by Crippen LogP contribution is 2.20. The second-order valence-electron chi connectivity index (χ2n) is 5.90. The zero-order valence-corrected chi connectivity index (χ0v) is 14.1. The van der Waals surface area contributed by atoms with Gasteiger partial charge in [-0.2, -0.15) is 0 Å². The van der Waals surface area contributed by atoms with Crippen molar-refractivity contribution in [3.63, 3.8) is 0 Å². The van der Waals surface area contributed by atoms with E-state index < -0.39 is 6.04 Å². The largest absolute Gasteiger partial charge is 0.464 e. The molecule has 1 heterocycles. The monoisotopic (exact) mass is 313 g/mol. The Kier molecular flexibility index (Phi) is 9.67. The highest BCUT2D eigenvalue weighted by atomic mass is 16.6. The minimum absolute atomic E-state index is 0.277. The lowest BCUT2D eigenvalue weighted by Gasteiger charge is -2.22. The SMILES string of the molecule is CCCCCCCOC(=O)C1CCCN1C(=O)OCCCC. The first kappa shape index (κ1) is 18.8. The van der Waals surface area contributed by atoms with Crippen molar-refractivity contribution in [1.82, 2.24) is 4.90 Å². The molecule has 1 fully saturated rings. The summed E-state index contributed by atoms with van der Waals surface area (Å²) in [5.41, 5.74) is 0.